The van der Waals surface area contributed by atoms with Gasteiger partial charge in [0.2, 0.25) is 0 Å². The van der Waals surface area contributed by atoms with Gasteiger partial charge in [-0.25, -0.2) is 4.98 Å². The maximum absolute atomic E-state index is 5.72. The molecule has 0 N–H and O–H groups in total. The van der Waals surface area contributed by atoms with E-state index >= 15 is 0 Å². The van der Waals surface area contributed by atoms with Gasteiger partial charge in [0.1, 0.15) is 5.75 Å². The van der Waals surface area contributed by atoms with Gasteiger partial charge in [-0.2, -0.15) is 0 Å². The molecule has 116 valence electrons. The highest BCUT2D eigenvalue weighted by Crippen LogP contribution is 2.29. The van der Waals surface area contributed by atoms with E-state index in [0.717, 1.165) is 41.4 Å². The van der Waals surface area contributed by atoms with E-state index in [1.807, 2.05) is 12.1 Å². The highest BCUT2D eigenvalue weighted by molar-refractivity contribution is 7.23. The molecule has 23 heavy (non-hydrogen) atoms. The molecule has 3 nitrogen and oxygen atoms in total. The summed E-state index contributed by atoms with van der Waals surface area (Å²) >= 11 is 1.72. The van der Waals surface area contributed by atoms with Gasteiger partial charge >= 0.3 is 0 Å². The minimum absolute atomic E-state index is 0.780. The molecule has 4 aromatic rings. The Morgan fingerprint density at radius 1 is 1.09 bits per heavy atom. The monoisotopic (exact) mass is 322 g/mol. The van der Waals surface area contributed by atoms with Crippen molar-refractivity contribution in [2.75, 3.05) is 6.61 Å². The van der Waals surface area contributed by atoms with Crippen LogP contribution in [-0.2, 0) is 0 Å². The zero-order valence-electron chi connectivity index (χ0n) is 13.0. The lowest BCUT2D eigenvalue weighted by Crippen LogP contribution is -1.95. The molecule has 0 atom stereocenters. The van der Waals surface area contributed by atoms with Crippen LogP contribution in [-0.4, -0.2) is 16.0 Å². The predicted octanol–water partition coefficient (Wildman–Crippen LogP) is 5.39. The number of imidazole rings is 1. The van der Waals surface area contributed by atoms with E-state index in [2.05, 4.69) is 53.9 Å². The Bertz CT molecular complexity index is 937. The van der Waals surface area contributed by atoms with Crippen molar-refractivity contribution in [3.05, 3.63) is 54.7 Å². The van der Waals surface area contributed by atoms with Crippen LogP contribution in [0.4, 0.5) is 0 Å². The van der Waals surface area contributed by atoms with Crippen molar-refractivity contribution < 1.29 is 4.74 Å². The largest absolute Gasteiger partial charge is 0.494 e. The highest BCUT2D eigenvalue weighted by atomic mass is 32.1. The number of thiazole rings is 1. The van der Waals surface area contributed by atoms with Gasteiger partial charge in [0.25, 0.3) is 0 Å². The SMILES string of the molecule is CCCCOc1ccc(-c2cn3c(n2)sc2ccccc23)cc1. The third kappa shape index (κ3) is 2.70. The maximum Gasteiger partial charge on any atom is 0.195 e. The summed E-state index contributed by atoms with van der Waals surface area (Å²) in [5.74, 6) is 0.925. The fourth-order valence-corrected chi connectivity index (χ4v) is 3.65. The van der Waals surface area contributed by atoms with Crippen molar-refractivity contribution in [1.82, 2.24) is 9.38 Å². The van der Waals surface area contributed by atoms with Gasteiger partial charge < -0.3 is 4.74 Å². The number of hydrogen-bond donors (Lipinski definition) is 0. The van der Waals surface area contributed by atoms with Gasteiger partial charge in [-0.15, -0.1) is 0 Å². The Morgan fingerprint density at radius 3 is 2.74 bits per heavy atom. The Kier molecular flexibility index (Phi) is 3.75. The quantitative estimate of drug-likeness (QED) is 0.460. The normalized spacial score (nSPS) is 11.3. The second-order valence-electron chi connectivity index (χ2n) is 5.57. The van der Waals surface area contributed by atoms with Gasteiger partial charge in [-0.05, 0) is 42.8 Å². The summed E-state index contributed by atoms with van der Waals surface area (Å²) in [6.45, 7) is 2.95. The van der Waals surface area contributed by atoms with E-state index in [0.29, 0.717) is 0 Å². The van der Waals surface area contributed by atoms with Crippen LogP contribution >= 0.6 is 11.3 Å². The molecule has 2 aromatic heterocycles. The number of rotatable bonds is 5. The van der Waals surface area contributed by atoms with E-state index in [9.17, 15) is 0 Å². The number of para-hydroxylation sites is 1. The summed E-state index contributed by atoms with van der Waals surface area (Å²) < 4.78 is 9.15. The van der Waals surface area contributed by atoms with Crippen molar-refractivity contribution in [3.8, 4) is 17.0 Å². The summed E-state index contributed by atoms with van der Waals surface area (Å²) in [5.41, 5.74) is 3.33. The zero-order chi connectivity index (χ0) is 15.6. The average molecular weight is 322 g/mol. The minimum Gasteiger partial charge on any atom is -0.494 e. The van der Waals surface area contributed by atoms with Crippen molar-refractivity contribution in [3.63, 3.8) is 0 Å². The topological polar surface area (TPSA) is 26.5 Å². The summed E-state index contributed by atoms with van der Waals surface area (Å²) in [7, 11) is 0. The zero-order valence-corrected chi connectivity index (χ0v) is 13.8. The molecule has 4 rings (SSSR count). The fourth-order valence-electron chi connectivity index (χ4n) is 2.64. The van der Waals surface area contributed by atoms with Gasteiger partial charge in [0, 0.05) is 11.8 Å². The number of hydrogen-bond acceptors (Lipinski definition) is 3. The Hall–Kier alpha value is -2.33. The standard InChI is InChI=1S/C19H18N2OS/c1-2-3-12-22-15-10-8-14(9-11-15)16-13-21-17-6-4-5-7-18(17)23-19(21)20-16/h4-11,13H,2-3,12H2,1H3. The van der Waals surface area contributed by atoms with Crippen LogP contribution in [0.25, 0.3) is 26.4 Å². The van der Waals surface area contributed by atoms with Crippen LogP contribution in [0, 0.1) is 0 Å². The molecule has 0 unspecified atom stereocenters. The van der Waals surface area contributed by atoms with Crippen molar-refractivity contribution in [1.29, 1.82) is 0 Å². The molecule has 0 bridgehead atoms. The summed E-state index contributed by atoms with van der Waals surface area (Å²) in [5, 5.41) is 0. The van der Waals surface area contributed by atoms with E-state index in [1.165, 1.54) is 10.2 Å². The molecular formula is C19H18N2OS. The van der Waals surface area contributed by atoms with Crippen LogP contribution in [0.15, 0.2) is 54.7 Å². The summed E-state index contributed by atoms with van der Waals surface area (Å²) in [4.78, 5) is 5.80. The van der Waals surface area contributed by atoms with Gasteiger partial charge in [-0.1, -0.05) is 36.8 Å². The minimum atomic E-state index is 0.780. The highest BCUT2D eigenvalue weighted by Gasteiger charge is 2.09. The molecule has 0 saturated carbocycles. The third-order valence-electron chi connectivity index (χ3n) is 3.92. The molecule has 0 fully saturated rings. The Morgan fingerprint density at radius 2 is 1.91 bits per heavy atom. The van der Waals surface area contributed by atoms with Crippen LogP contribution in [0.1, 0.15) is 19.8 Å². The number of ether oxygens (including phenoxy) is 1. The maximum atomic E-state index is 5.72. The van der Waals surface area contributed by atoms with Crippen molar-refractivity contribution in [2.45, 2.75) is 19.8 Å². The summed E-state index contributed by atoms with van der Waals surface area (Å²) in [6, 6.07) is 16.6. The molecular weight excluding hydrogens is 304 g/mol. The van der Waals surface area contributed by atoms with E-state index in [-0.39, 0.29) is 0 Å². The fraction of sp³-hybridized carbons (Fsp3) is 0.211. The Balaban J connectivity index is 1.63. The van der Waals surface area contributed by atoms with Crippen LogP contribution in [0.3, 0.4) is 0 Å². The number of fused-ring (bicyclic) bond motifs is 3. The number of aromatic nitrogens is 2. The number of nitrogens with zero attached hydrogens (tertiary/aromatic N) is 2. The molecule has 0 saturated heterocycles. The summed E-state index contributed by atoms with van der Waals surface area (Å²) in [6.07, 6.45) is 4.35. The lowest BCUT2D eigenvalue weighted by Gasteiger charge is -2.05. The molecule has 2 aromatic carbocycles. The lowest BCUT2D eigenvalue weighted by atomic mass is 10.1. The molecule has 0 aliphatic heterocycles. The number of benzene rings is 2. The molecule has 0 amide bonds. The molecule has 0 spiro atoms. The first kappa shape index (κ1) is 14.3. The Labute approximate surface area is 139 Å². The second-order valence-corrected chi connectivity index (χ2v) is 6.58. The van der Waals surface area contributed by atoms with Crippen LogP contribution in [0.5, 0.6) is 5.75 Å². The first-order valence-corrected chi connectivity index (χ1v) is 8.76. The van der Waals surface area contributed by atoms with Gasteiger partial charge in [0.15, 0.2) is 4.96 Å². The molecule has 4 heteroatoms. The second kappa shape index (κ2) is 6.05. The first-order valence-electron chi connectivity index (χ1n) is 7.95. The number of unbranched alkanes of at least 4 members (excludes halogenated alkanes) is 1. The smallest absolute Gasteiger partial charge is 0.195 e. The van der Waals surface area contributed by atoms with Gasteiger partial charge in [-0.3, -0.25) is 4.40 Å². The molecule has 0 aliphatic rings. The van der Waals surface area contributed by atoms with E-state index in [4.69, 9.17) is 9.72 Å². The van der Waals surface area contributed by atoms with Crippen LogP contribution in [0.2, 0.25) is 0 Å². The average Bonchev–Trinajstić information content (AvgIpc) is 3.13. The molecule has 2 heterocycles. The first-order chi connectivity index (χ1) is 11.3. The third-order valence-corrected chi connectivity index (χ3v) is 4.95. The van der Waals surface area contributed by atoms with E-state index in [1.54, 1.807) is 11.3 Å². The van der Waals surface area contributed by atoms with E-state index < -0.39 is 0 Å². The van der Waals surface area contributed by atoms with Crippen molar-refractivity contribution >= 4 is 26.5 Å². The lowest BCUT2D eigenvalue weighted by molar-refractivity contribution is 0.309. The molecule has 0 radical (unpaired) electrons. The van der Waals surface area contributed by atoms with Crippen molar-refractivity contribution in [2.24, 2.45) is 0 Å². The van der Waals surface area contributed by atoms with Crippen LogP contribution < -0.4 is 4.74 Å². The van der Waals surface area contributed by atoms with Gasteiger partial charge in [0.05, 0.1) is 22.5 Å². The molecule has 0 aliphatic carbocycles. The predicted molar refractivity (Wildman–Crippen MR) is 96.4 cm³/mol.